The Morgan fingerprint density at radius 3 is 2.02 bits per heavy atom. The first-order valence-corrected chi connectivity index (χ1v) is 28.5. The summed E-state index contributed by atoms with van der Waals surface area (Å²) in [5.74, 6) is -1.67. The zero-order valence-electron chi connectivity index (χ0n) is 36.8. The Morgan fingerprint density at radius 2 is 1.38 bits per heavy atom. The number of allylic oxidation sites excluding steroid dienone is 4. The highest BCUT2D eigenvalue weighted by atomic mass is 32.2. The normalized spacial score (nSPS) is 17.2. The maximum atomic E-state index is 13.7. The summed E-state index contributed by atoms with van der Waals surface area (Å²) in [7, 11) is -22.7. The van der Waals surface area contributed by atoms with E-state index in [1.54, 1.807) is 43.5 Å². The van der Waals surface area contributed by atoms with Crippen LogP contribution in [0.3, 0.4) is 0 Å². The number of anilines is 1. The molecule has 0 aromatic heterocycles. The summed E-state index contributed by atoms with van der Waals surface area (Å²) in [5, 5.41) is 1.47. The molecule has 0 saturated heterocycles. The van der Waals surface area contributed by atoms with Crippen molar-refractivity contribution >= 4 is 89.0 Å². The summed E-state index contributed by atoms with van der Waals surface area (Å²) in [6.07, 6.45) is 8.30. The molecule has 0 amide bonds. The van der Waals surface area contributed by atoms with Crippen molar-refractivity contribution < 1.29 is 60.3 Å². The molecule has 0 unspecified atom stereocenters. The molecular formula is C43H54N4O13S5. The van der Waals surface area contributed by atoms with Gasteiger partial charge in [-0.2, -0.15) is 21.4 Å². The Kier molecular flexibility index (Phi) is 14.1. The van der Waals surface area contributed by atoms with Gasteiger partial charge in [-0.05, 0) is 73.0 Å². The second kappa shape index (κ2) is 18.2. The topological polar surface area (TPSA) is 265 Å². The Labute approximate surface area is 381 Å². The van der Waals surface area contributed by atoms with Crippen LogP contribution in [0.5, 0.6) is 0 Å². The SMILES string of the molecule is CCCCCN1/C(=C/C=C/C2=[N+](CCCS(=O)(=O)[O-])c3ccc4c(S(=O)(=O)NCCS(=O)(=O)O)cc(S(=O)(=O)O)cc4c3C2(C)C)C(C)(C)c2c1ccc1c(S(=O)(=O)NCC)cccc21. The quantitative estimate of drug-likeness (QED) is 0.0518. The molecule has 0 aliphatic carbocycles. The standard InChI is InChI=1S/C43H54N4O13S5/c1-7-9-10-23-46-34-20-18-30-32(14-11-15-36(30)63(54,55)44-8-2)40(34)42(3,4)38(46)16-12-17-39-43(5,6)41-33-27-29(65(58,59)60)28-37(64(56,57)45-22-26-62(51,52)53)31(33)19-21-35(41)47(39)24-13-25-61(48,49)50/h11-12,14-21,27-28,44-45H,7-10,13,22-26H2,1-6H3,(H2-,48,49,50,51,52,53,58,59,60). The Balaban J connectivity index is 1.53. The molecule has 2 aliphatic rings. The van der Waals surface area contributed by atoms with Crippen LogP contribution in [0.1, 0.15) is 78.4 Å². The number of sulfonamides is 2. The maximum absolute atomic E-state index is 13.7. The predicted octanol–water partition coefficient (Wildman–Crippen LogP) is 5.44. The number of fused-ring (bicyclic) bond motifs is 6. The average Bonchev–Trinajstić information content (AvgIpc) is 3.54. The Morgan fingerprint density at radius 1 is 0.723 bits per heavy atom. The van der Waals surface area contributed by atoms with Crippen molar-refractivity contribution in [2.75, 3.05) is 42.6 Å². The predicted molar refractivity (Wildman–Crippen MR) is 249 cm³/mol. The maximum Gasteiger partial charge on any atom is 0.294 e. The van der Waals surface area contributed by atoms with Crippen molar-refractivity contribution in [3.63, 3.8) is 0 Å². The molecule has 354 valence electrons. The molecule has 2 heterocycles. The van der Waals surface area contributed by atoms with Crippen LogP contribution < -0.4 is 14.3 Å². The number of nitrogens with zero attached hydrogens (tertiary/aromatic N) is 2. The number of hydrogen-bond acceptors (Lipinski definition) is 12. The van der Waals surface area contributed by atoms with Gasteiger partial charge in [0.25, 0.3) is 20.2 Å². The fourth-order valence-electron chi connectivity index (χ4n) is 9.12. The lowest BCUT2D eigenvalue weighted by Crippen LogP contribution is -2.30. The third-order valence-corrected chi connectivity index (χ3v) is 17.3. The van der Waals surface area contributed by atoms with Gasteiger partial charge in [0.15, 0.2) is 5.71 Å². The van der Waals surface area contributed by atoms with Crippen molar-refractivity contribution in [3.05, 3.63) is 89.6 Å². The zero-order valence-corrected chi connectivity index (χ0v) is 40.9. The molecule has 65 heavy (non-hydrogen) atoms. The van der Waals surface area contributed by atoms with Gasteiger partial charge in [0.05, 0.1) is 36.0 Å². The molecule has 0 bridgehead atoms. The van der Waals surface area contributed by atoms with E-state index in [2.05, 4.69) is 35.1 Å². The minimum atomic E-state index is -5.04. The average molecular weight is 995 g/mol. The van der Waals surface area contributed by atoms with E-state index in [4.69, 9.17) is 0 Å². The van der Waals surface area contributed by atoms with Crippen LogP contribution in [0.25, 0.3) is 21.5 Å². The highest BCUT2D eigenvalue weighted by molar-refractivity contribution is 7.90. The molecule has 0 atom stereocenters. The Hall–Kier alpha value is -4.10. The molecular weight excluding hydrogens is 941 g/mol. The van der Waals surface area contributed by atoms with Crippen molar-refractivity contribution in [1.29, 1.82) is 0 Å². The largest absolute Gasteiger partial charge is 0.748 e. The van der Waals surface area contributed by atoms with Crippen molar-refractivity contribution in [2.45, 2.75) is 92.7 Å². The van der Waals surface area contributed by atoms with Gasteiger partial charge in [-0.1, -0.05) is 64.8 Å². The molecule has 0 radical (unpaired) electrons. The minimum absolute atomic E-state index is 0.00415. The number of nitrogens with one attached hydrogen (secondary N) is 2. The first-order chi connectivity index (χ1) is 30.1. The van der Waals surface area contributed by atoms with Crippen LogP contribution in [0, 0.1) is 0 Å². The van der Waals surface area contributed by atoms with Crippen LogP contribution in [0.4, 0.5) is 11.4 Å². The summed E-state index contributed by atoms with van der Waals surface area (Å²) in [6.45, 7) is 11.7. The van der Waals surface area contributed by atoms with Crippen LogP contribution in [-0.2, 0) is 61.2 Å². The Bertz CT molecular complexity index is 3250. The highest BCUT2D eigenvalue weighted by Gasteiger charge is 2.47. The lowest BCUT2D eigenvalue weighted by atomic mass is 9.78. The molecule has 0 fully saturated rings. The molecule has 22 heteroatoms. The minimum Gasteiger partial charge on any atom is -0.748 e. The smallest absolute Gasteiger partial charge is 0.294 e. The van der Waals surface area contributed by atoms with Crippen molar-refractivity contribution in [3.8, 4) is 0 Å². The van der Waals surface area contributed by atoms with E-state index in [1.807, 2.05) is 36.4 Å². The van der Waals surface area contributed by atoms with Gasteiger partial charge < -0.3 is 9.45 Å². The highest BCUT2D eigenvalue weighted by Crippen LogP contribution is 2.52. The van der Waals surface area contributed by atoms with Crippen molar-refractivity contribution in [2.24, 2.45) is 0 Å². The zero-order chi connectivity index (χ0) is 48.1. The second-order valence-electron chi connectivity index (χ2n) is 17.1. The van der Waals surface area contributed by atoms with E-state index in [0.29, 0.717) is 28.9 Å². The first-order valence-electron chi connectivity index (χ1n) is 20.9. The van der Waals surface area contributed by atoms with Crippen LogP contribution in [0.2, 0.25) is 0 Å². The summed E-state index contributed by atoms with van der Waals surface area (Å²) < 4.78 is 163. The fourth-order valence-corrected chi connectivity index (χ4v) is 13.2. The number of unbranched alkanes of at least 4 members (excludes halogenated alkanes) is 2. The molecule has 2 aliphatic heterocycles. The van der Waals surface area contributed by atoms with Gasteiger partial charge in [-0.3, -0.25) is 9.11 Å². The molecule has 0 saturated carbocycles. The van der Waals surface area contributed by atoms with E-state index in [-0.39, 0.29) is 35.2 Å². The molecule has 4 aromatic rings. The first kappa shape index (κ1) is 50.3. The van der Waals surface area contributed by atoms with Gasteiger partial charge in [-0.25, -0.2) is 34.7 Å². The van der Waals surface area contributed by atoms with Gasteiger partial charge in [-0.15, -0.1) is 0 Å². The molecule has 17 nitrogen and oxygen atoms in total. The number of rotatable bonds is 19. The lowest BCUT2D eigenvalue weighted by molar-refractivity contribution is -0.437. The summed E-state index contributed by atoms with van der Waals surface area (Å²) >= 11 is 0. The lowest BCUT2D eigenvalue weighted by Gasteiger charge is -2.27. The second-order valence-corrected chi connectivity index (χ2v) is 25.1. The van der Waals surface area contributed by atoms with Gasteiger partial charge in [0.2, 0.25) is 25.7 Å². The van der Waals surface area contributed by atoms with Gasteiger partial charge in [0, 0.05) is 77.1 Å². The summed E-state index contributed by atoms with van der Waals surface area (Å²) in [6, 6.07) is 13.9. The molecule has 0 spiro atoms. The summed E-state index contributed by atoms with van der Waals surface area (Å²) in [4.78, 5) is 1.03. The fraction of sp³-hybridized carbons (Fsp3) is 0.419. The van der Waals surface area contributed by atoms with E-state index in [1.165, 1.54) is 6.07 Å². The van der Waals surface area contributed by atoms with Crippen LogP contribution in [0.15, 0.2) is 93.2 Å². The van der Waals surface area contributed by atoms with E-state index in [0.717, 1.165) is 53.7 Å². The number of benzene rings is 4. The molecule has 6 rings (SSSR count). The van der Waals surface area contributed by atoms with E-state index < -0.39 is 89.1 Å². The van der Waals surface area contributed by atoms with Crippen molar-refractivity contribution in [1.82, 2.24) is 9.44 Å². The third-order valence-electron chi connectivity index (χ3n) is 11.9. The van der Waals surface area contributed by atoms with E-state index in [9.17, 15) is 55.7 Å². The van der Waals surface area contributed by atoms with Crippen LogP contribution >= 0.6 is 0 Å². The monoisotopic (exact) mass is 994 g/mol. The van der Waals surface area contributed by atoms with Gasteiger partial charge in [0.1, 0.15) is 6.54 Å². The molecule has 4 aromatic carbocycles. The molecule has 4 N–H and O–H groups in total. The summed E-state index contributed by atoms with van der Waals surface area (Å²) in [5.41, 5.74) is 2.46. The third kappa shape index (κ3) is 10.3. The van der Waals surface area contributed by atoms with Crippen LogP contribution in [-0.4, -0.2) is 104 Å². The van der Waals surface area contributed by atoms with E-state index >= 15 is 0 Å². The van der Waals surface area contributed by atoms with Gasteiger partial charge >= 0.3 is 0 Å². The number of hydrogen-bond donors (Lipinski definition) is 4.